The van der Waals surface area contributed by atoms with Crippen molar-refractivity contribution in [1.82, 2.24) is 0 Å². The lowest BCUT2D eigenvalue weighted by molar-refractivity contribution is 0.0600. The van der Waals surface area contributed by atoms with Gasteiger partial charge in [0.05, 0.1) is 33.4 Å². The molecule has 0 atom stereocenters. The number of esters is 1. The second-order valence-corrected chi connectivity index (χ2v) is 7.08. The van der Waals surface area contributed by atoms with Gasteiger partial charge in [-0.25, -0.2) is 4.79 Å². The Labute approximate surface area is 156 Å². The van der Waals surface area contributed by atoms with Gasteiger partial charge in [-0.1, -0.05) is 46.9 Å². The van der Waals surface area contributed by atoms with Gasteiger partial charge >= 0.3 is 5.97 Å². The molecule has 0 saturated carbocycles. The van der Waals surface area contributed by atoms with Gasteiger partial charge in [0.15, 0.2) is 0 Å². The minimum Gasteiger partial charge on any atom is -0.465 e. The SMILES string of the molecule is COC(=O)c1c(C)cc(C2CN(c3c(Cl)cccc3Cl)C2)cc1Cl. The first-order chi connectivity index (χ1) is 11.4. The third-order valence-electron chi connectivity index (χ3n) is 4.31. The molecule has 24 heavy (non-hydrogen) atoms. The standard InChI is InChI=1S/C18H16Cl3NO2/c1-10-6-11(7-15(21)16(10)18(23)24-2)12-8-22(9-12)17-13(19)4-3-5-14(17)20/h3-7,12H,8-9H2,1-2H3. The van der Waals surface area contributed by atoms with Crippen molar-refractivity contribution in [2.75, 3.05) is 25.1 Å². The van der Waals surface area contributed by atoms with Crippen LogP contribution >= 0.6 is 34.8 Å². The molecular weight excluding hydrogens is 369 g/mol. The Kier molecular flexibility index (Phi) is 4.95. The molecule has 2 aromatic carbocycles. The van der Waals surface area contributed by atoms with Crippen LogP contribution in [-0.2, 0) is 4.74 Å². The number of carbonyl (C=O) groups is 1. The van der Waals surface area contributed by atoms with Crippen LogP contribution in [0.25, 0.3) is 0 Å². The zero-order valence-corrected chi connectivity index (χ0v) is 15.5. The van der Waals surface area contributed by atoms with Gasteiger partial charge < -0.3 is 9.64 Å². The molecule has 1 aliphatic heterocycles. The van der Waals surface area contributed by atoms with Crippen molar-refractivity contribution in [1.29, 1.82) is 0 Å². The number of ether oxygens (including phenoxy) is 1. The molecule has 2 aromatic rings. The van der Waals surface area contributed by atoms with Crippen molar-refractivity contribution >= 4 is 46.5 Å². The summed E-state index contributed by atoms with van der Waals surface area (Å²) in [6.45, 7) is 3.47. The van der Waals surface area contributed by atoms with E-state index >= 15 is 0 Å². The average Bonchev–Trinajstić information content (AvgIpc) is 2.47. The molecule has 3 nitrogen and oxygen atoms in total. The lowest BCUT2D eigenvalue weighted by Gasteiger charge is -2.42. The van der Waals surface area contributed by atoms with Gasteiger partial charge in [0.2, 0.25) is 0 Å². The van der Waals surface area contributed by atoms with Crippen LogP contribution in [0.4, 0.5) is 5.69 Å². The van der Waals surface area contributed by atoms with E-state index in [2.05, 4.69) is 4.90 Å². The molecule has 0 bridgehead atoms. The van der Waals surface area contributed by atoms with E-state index < -0.39 is 5.97 Å². The van der Waals surface area contributed by atoms with Crippen molar-refractivity contribution in [3.8, 4) is 0 Å². The second kappa shape index (κ2) is 6.83. The van der Waals surface area contributed by atoms with Crippen molar-refractivity contribution in [3.63, 3.8) is 0 Å². The monoisotopic (exact) mass is 383 g/mol. The Bertz CT molecular complexity index is 758. The van der Waals surface area contributed by atoms with Gasteiger partial charge in [0.25, 0.3) is 0 Å². The molecule has 0 amide bonds. The first kappa shape index (κ1) is 17.4. The lowest BCUT2D eigenvalue weighted by atomic mass is 9.89. The molecule has 0 spiro atoms. The van der Waals surface area contributed by atoms with Gasteiger partial charge in [-0.3, -0.25) is 0 Å². The largest absolute Gasteiger partial charge is 0.465 e. The summed E-state index contributed by atoms with van der Waals surface area (Å²) in [5.41, 5.74) is 3.21. The maximum Gasteiger partial charge on any atom is 0.339 e. The molecule has 0 radical (unpaired) electrons. The quantitative estimate of drug-likeness (QED) is 0.668. The number of aryl methyl sites for hydroxylation is 1. The van der Waals surface area contributed by atoms with Crippen LogP contribution in [0, 0.1) is 6.92 Å². The number of benzene rings is 2. The highest BCUT2D eigenvalue weighted by Crippen LogP contribution is 2.41. The molecule has 1 heterocycles. The highest BCUT2D eigenvalue weighted by Gasteiger charge is 2.31. The molecule has 1 fully saturated rings. The Balaban J connectivity index is 1.80. The predicted molar refractivity (Wildman–Crippen MR) is 98.9 cm³/mol. The number of hydrogen-bond acceptors (Lipinski definition) is 3. The zero-order valence-electron chi connectivity index (χ0n) is 13.3. The number of para-hydroxylation sites is 1. The number of halogens is 3. The summed E-state index contributed by atoms with van der Waals surface area (Å²) in [5, 5.41) is 1.72. The van der Waals surface area contributed by atoms with Crippen LogP contribution in [0.5, 0.6) is 0 Å². The average molecular weight is 385 g/mol. The predicted octanol–water partition coefficient (Wildman–Crippen LogP) is 5.35. The fourth-order valence-corrected chi connectivity index (χ4v) is 4.02. The number of methoxy groups -OCH3 is 1. The van der Waals surface area contributed by atoms with E-state index in [9.17, 15) is 4.79 Å². The number of hydrogen-bond donors (Lipinski definition) is 0. The fourth-order valence-electron chi connectivity index (χ4n) is 3.03. The summed E-state index contributed by atoms with van der Waals surface area (Å²) in [4.78, 5) is 13.9. The van der Waals surface area contributed by atoms with Gasteiger partial charge in [-0.15, -0.1) is 0 Å². The van der Waals surface area contributed by atoms with Crippen LogP contribution in [-0.4, -0.2) is 26.2 Å². The second-order valence-electron chi connectivity index (χ2n) is 5.86. The van der Waals surface area contributed by atoms with E-state index in [-0.39, 0.29) is 0 Å². The summed E-state index contributed by atoms with van der Waals surface area (Å²) in [7, 11) is 1.35. The molecule has 0 aliphatic carbocycles. The van der Waals surface area contributed by atoms with Crippen molar-refractivity contribution < 1.29 is 9.53 Å². The van der Waals surface area contributed by atoms with E-state index in [4.69, 9.17) is 39.5 Å². The number of nitrogens with zero attached hydrogens (tertiary/aromatic N) is 1. The lowest BCUT2D eigenvalue weighted by Crippen LogP contribution is -2.45. The molecule has 1 saturated heterocycles. The Morgan fingerprint density at radius 3 is 2.29 bits per heavy atom. The normalized spacial score (nSPS) is 14.5. The third-order valence-corrected chi connectivity index (χ3v) is 5.21. The Morgan fingerprint density at radius 1 is 1.12 bits per heavy atom. The summed E-state index contributed by atoms with van der Waals surface area (Å²) in [6, 6.07) is 9.34. The Morgan fingerprint density at radius 2 is 1.75 bits per heavy atom. The number of rotatable bonds is 3. The number of carbonyl (C=O) groups excluding carboxylic acids is 1. The van der Waals surface area contributed by atoms with E-state index in [1.807, 2.05) is 37.3 Å². The highest BCUT2D eigenvalue weighted by molar-refractivity contribution is 6.39. The minimum absolute atomic E-state index is 0.320. The molecular formula is C18H16Cl3NO2. The molecule has 6 heteroatoms. The van der Waals surface area contributed by atoms with Crippen LogP contribution < -0.4 is 4.90 Å². The third kappa shape index (κ3) is 3.08. The summed E-state index contributed by atoms with van der Waals surface area (Å²) in [6.07, 6.45) is 0. The highest BCUT2D eigenvalue weighted by atomic mass is 35.5. The maximum absolute atomic E-state index is 11.8. The van der Waals surface area contributed by atoms with Crippen molar-refractivity contribution in [2.24, 2.45) is 0 Å². The van der Waals surface area contributed by atoms with Crippen LogP contribution in [0.3, 0.4) is 0 Å². The molecule has 0 N–H and O–H groups in total. The fraction of sp³-hybridized carbons (Fsp3) is 0.278. The molecule has 0 unspecified atom stereocenters. The molecule has 3 rings (SSSR count). The topological polar surface area (TPSA) is 29.5 Å². The van der Waals surface area contributed by atoms with E-state index in [0.717, 1.165) is 29.9 Å². The number of anilines is 1. The van der Waals surface area contributed by atoms with Crippen molar-refractivity contribution in [3.05, 3.63) is 62.1 Å². The van der Waals surface area contributed by atoms with Gasteiger partial charge in [-0.05, 0) is 36.2 Å². The Hall–Kier alpha value is -1.42. The summed E-state index contributed by atoms with van der Waals surface area (Å²) >= 11 is 18.8. The van der Waals surface area contributed by atoms with E-state index in [0.29, 0.717) is 26.5 Å². The molecule has 1 aliphatic rings. The van der Waals surface area contributed by atoms with Gasteiger partial charge in [0.1, 0.15) is 0 Å². The first-order valence-corrected chi connectivity index (χ1v) is 8.63. The van der Waals surface area contributed by atoms with E-state index in [1.165, 1.54) is 7.11 Å². The van der Waals surface area contributed by atoms with Crippen LogP contribution in [0.1, 0.15) is 27.4 Å². The van der Waals surface area contributed by atoms with E-state index in [1.54, 1.807) is 0 Å². The first-order valence-electron chi connectivity index (χ1n) is 7.49. The van der Waals surface area contributed by atoms with Crippen molar-refractivity contribution in [2.45, 2.75) is 12.8 Å². The molecule has 0 aromatic heterocycles. The summed E-state index contributed by atoms with van der Waals surface area (Å²) in [5.74, 6) is -0.0950. The van der Waals surface area contributed by atoms with Gasteiger partial charge in [0, 0.05) is 19.0 Å². The van der Waals surface area contributed by atoms with Gasteiger partial charge in [-0.2, -0.15) is 0 Å². The van der Waals surface area contributed by atoms with Crippen LogP contribution in [0.15, 0.2) is 30.3 Å². The zero-order chi connectivity index (χ0) is 17.4. The van der Waals surface area contributed by atoms with Crippen LogP contribution in [0.2, 0.25) is 15.1 Å². The minimum atomic E-state index is -0.415. The smallest absolute Gasteiger partial charge is 0.339 e. The summed E-state index contributed by atoms with van der Waals surface area (Å²) < 4.78 is 4.78. The molecule has 126 valence electrons. The maximum atomic E-state index is 11.8.